The summed E-state index contributed by atoms with van der Waals surface area (Å²) >= 11 is 0. The Balaban J connectivity index is 2.21. The van der Waals surface area contributed by atoms with Crippen molar-refractivity contribution < 1.29 is 17.9 Å². The third-order valence-electron chi connectivity index (χ3n) is 3.43. The molecular formula is C13H20N2O4S. The van der Waals surface area contributed by atoms with E-state index in [1.807, 2.05) is 0 Å². The van der Waals surface area contributed by atoms with Crippen LogP contribution >= 0.6 is 0 Å². The standard InChI is InChI=1S/C13H20N2O4S/c1-9-5-12(18-2)13(6-11(9)14)20(16,17)15-7-10-3-4-19-8-10/h5-6,10,15H,3-4,7-8,14H2,1-2H3. The number of sulfonamides is 1. The smallest absolute Gasteiger partial charge is 0.244 e. The molecule has 1 saturated heterocycles. The van der Waals surface area contributed by atoms with E-state index >= 15 is 0 Å². The van der Waals surface area contributed by atoms with E-state index in [-0.39, 0.29) is 10.8 Å². The number of benzene rings is 1. The topological polar surface area (TPSA) is 90.7 Å². The van der Waals surface area contributed by atoms with E-state index in [9.17, 15) is 8.42 Å². The molecule has 0 aliphatic carbocycles. The highest BCUT2D eigenvalue weighted by Gasteiger charge is 2.23. The van der Waals surface area contributed by atoms with Crippen LogP contribution in [-0.2, 0) is 14.8 Å². The van der Waals surface area contributed by atoms with Gasteiger partial charge in [0.25, 0.3) is 0 Å². The van der Waals surface area contributed by atoms with Gasteiger partial charge in [-0.05, 0) is 37.0 Å². The van der Waals surface area contributed by atoms with Crippen molar-refractivity contribution in [1.29, 1.82) is 0 Å². The third-order valence-corrected chi connectivity index (χ3v) is 4.87. The molecule has 0 spiro atoms. The van der Waals surface area contributed by atoms with E-state index in [0.29, 0.717) is 31.2 Å². The zero-order valence-corrected chi connectivity index (χ0v) is 12.5. The Morgan fingerprint density at radius 1 is 1.50 bits per heavy atom. The normalized spacial score (nSPS) is 19.2. The second-order valence-corrected chi connectivity index (χ2v) is 6.68. The molecule has 0 amide bonds. The van der Waals surface area contributed by atoms with Crippen molar-refractivity contribution in [1.82, 2.24) is 4.72 Å². The summed E-state index contributed by atoms with van der Waals surface area (Å²) in [5.74, 6) is 0.519. The number of rotatable bonds is 5. The quantitative estimate of drug-likeness (QED) is 0.788. The highest BCUT2D eigenvalue weighted by atomic mass is 32.2. The second kappa shape index (κ2) is 5.99. The van der Waals surface area contributed by atoms with E-state index < -0.39 is 10.0 Å². The minimum Gasteiger partial charge on any atom is -0.495 e. The van der Waals surface area contributed by atoms with Crippen molar-refractivity contribution in [3.8, 4) is 5.75 Å². The van der Waals surface area contributed by atoms with E-state index in [2.05, 4.69) is 4.72 Å². The summed E-state index contributed by atoms with van der Waals surface area (Å²) < 4.78 is 37.7. The fourth-order valence-corrected chi connectivity index (χ4v) is 3.40. The zero-order valence-electron chi connectivity index (χ0n) is 11.7. The van der Waals surface area contributed by atoms with Crippen LogP contribution in [0, 0.1) is 12.8 Å². The first-order chi connectivity index (χ1) is 9.44. The Hall–Kier alpha value is -1.31. The summed E-state index contributed by atoms with van der Waals surface area (Å²) in [5, 5.41) is 0. The van der Waals surface area contributed by atoms with Crippen LogP contribution in [0.3, 0.4) is 0 Å². The van der Waals surface area contributed by atoms with Crippen LogP contribution in [0.15, 0.2) is 17.0 Å². The van der Waals surface area contributed by atoms with Gasteiger partial charge in [-0.1, -0.05) is 0 Å². The van der Waals surface area contributed by atoms with Gasteiger partial charge in [0.2, 0.25) is 10.0 Å². The lowest BCUT2D eigenvalue weighted by atomic mass is 10.1. The molecule has 3 N–H and O–H groups in total. The third kappa shape index (κ3) is 3.23. The summed E-state index contributed by atoms with van der Waals surface area (Å²) in [6, 6.07) is 3.06. The highest BCUT2D eigenvalue weighted by Crippen LogP contribution is 2.28. The molecule has 1 aromatic carbocycles. The first-order valence-corrected chi connectivity index (χ1v) is 7.94. The fourth-order valence-electron chi connectivity index (χ4n) is 2.10. The van der Waals surface area contributed by atoms with E-state index in [4.69, 9.17) is 15.2 Å². The fraction of sp³-hybridized carbons (Fsp3) is 0.538. The number of ether oxygens (including phenoxy) is 2. The number of aryl methyl sites for hydroxylation is 1. The number of methoxy groups -OCH3 is 1. The number of nitrogen functional groups attached to an aromatic ring is 1. The van der Waals surface area contributed by atoms with E-state index in [0.717, 1.165) is 12.0 Å². The summed E-state index contributed by atoms with van der Waals surface area (Å²) in [5.41, 5.74) is 7.00. The van der Waals surface area contributed by atoms with Crippen LogP contribution < -0.4 is 15.2 Å². The molecule has 0 aromatic heterocycles. The lowest BCUT2D eigenvalue weighted by molar-refractivity contribution is 0.186. The summed E-state index contributed by atoms with van der Waals surface area (Å²) in [7, 11) is -2.20. The second-order valence-electron chi connectivity index (χ2n) is 4.94. The Morgan fingerprint density at radius 3 is 2.85 bits per heavy atom. The minimum atomic E-state index is -3.64. The Labute approximate surface area is 119 Å². The van der Waals surface area contributed by atoms with Crippen LogP contribution in [0.25, 0.3) is 0 Å². The number of hydrogen-bond donors (Lipinski definition) is 2. The Morgan fingerprint density at radius 2 is 2.25 bits per heavy atom. The zero-order chi connectivity index (χ0) is 14.8. The maximum Gasteiger partial charge on any atom is 0.244 e. The minimum absolute atomic E-state index is 0.0713. The number of hydrogen-bond acceptors (Lipinski definition) is 5. The average molecular weight is 300 g/mol. The molecule has 7 heteroatoms. The van der Waals surface area contributed by atoms with Gasteiger partial charge in [0.15, 0.2) is 0 Å². The maximum atomic E-state index is 12.3. The molecule has 6 nitrogen and oxygen atoms in total. The van der Waals surface area contributed by atoms with Gasteiger partial charge in [-0.15, -0.1) is 0 Å². The highest BCUT2D eigenvalue weighted by molar-refractivity contribution is 7.89. The van der Waals surface area contributed by atoms with Gasteiger partial charge < -0.3 is 15.2 Å². The molecule has 1 heterocycles. The molecule has 0 radical (unpaired) electrons. The van der Waals surface area contributed by atoms with Crippen LogP contribution in [0.2, 0.25) is 0 Å². The van der Waals surface area contributed by atoms with E-state index in [1.165, 1.54) is 13.2 Å². The molecule has 2 rings (SSSR count). The summed E-state index contributed by atoms with van der Waals surface area (Å²) in [6.45, 7) is 3.44. The van der Waals surface area contributed by atoms with Crippen LogP contribution in [0.1, 0.15) is 12.0 Å². The molecule has 1 aromatic rings. The molecular weight excluding hydrogens is 280 g/mol. The van der Waals surface area contributed by atoms with Crippen molar-refractivity contribution in [3.05, 3.63) is 17.7 Å². The maximum absolute atomic E-state index is 12.3. The number of nitrogens with two attached hydrogens (primary N) is 1. The van der Waals surface area contributed by atoms with Gasteiger partial charge in [-0.25, -0.2) is 13.1 Å². The SMILES string of the molecule is COc1cc(C)c(N)cc1S(=O)(=O)NCC1CCOC1. The van der Waals surface area contributed by atoms with Gasteiger partial charge >= 0.3 is 0 Å². The van der Waals surface area contributed by atoms with Crippen molar-refractivity contribution in [3.63, 3.8) is 0 Å². The average Bonchev–Trinajstić information content (AvgIpc) is 2.92. The van der Waals surface area contributed by atoms with Gasteiger partial charge in [0.05, 0.1) is 13.7 Å². The molecule has 1 atom stereocenters. The molecule has 1 unspecified atom stereocenters. The first-order valence-electron chi connectivity index (χ1n) is 6.45. The largest absolute Gasteiger partial charge is 0.495 e. The lowest BCUT2D eigenvalue weighted by Gasteiger charge is -2.14. The molecule has 1 fully saturated rings. The Bertz CT molecular complexity index is 580. The molecule has 20 heavy (non-hydrogen) atoms. The molecule has 0 bridgehead atoms. The van der Waals surface area contributed by atoms with Gasteiger partial charge in [-0.2, -0.15) is 0 Å². The monoisotopic (exact) mass is 300 g/mol. The molecule has 0 saturated carbocycles. The van der Waals surface area contributed by atoms with Crippen LogP contribution in [0.5, 0.6) is 5.75 Å². The molecule has 1 aliphatic rings. The molecule has 112 valence electrons. The van der Waals surface area contributed by atoms with Crippen molar-refractivity contribution in [2.24, 2.45) is 5.92 Å². The van der Waals surface area contributed by atoms with Crippen LogP contribution in [-0.4, -0.2) is 35.3 Å². The summed E-state index contributed by atoms with van der Waals surface area (Å²) in [6.07, 6.45) is 0.871. The van der Waals surface area contributed by atoms with Crippen molar-refractivity contribution >= 4 is 15.7 Å². The van der Waals surface area contributed by atoms with Gasteiger partial charge in [0.1, 0.15) is 10.6 Å². The van der Waals surface area contributed by atoms with Gasteiger partial charge in [0, 0.05) is 18.8 Å². The molecule has 1 aliphatic heterocycles. The van der Waals surface area contributed by atoms with Crippen molar-refractivity contribution in [2.45, 2.75) is 18.2 Å². The van der Waals surface area contributed by atoms with E-state index in [1.54, 1.807) is 13.0 Å². The first kappa shape index (κ1) is 15.1. The summed E-state index contributed by atoms with van der Waals surface area (Å²) in [4.78, 5) is 0.0713. The van der Waals surface area contributed by atoms with Crippen LogP contribution in [0.4, 0.5) is 5.69 Å². The predicted octanol–water partition coefficient (Wildman–Crippen LogP) is 0.901. The van der Waals surface area contributed by atoms with Crippen molar-refractivity contribution in [2.75, 3.05) is 32.6 Å². The Kier molecular flexibility index (Phi) is 4.52. The number of nitrogens with one attached hydrogen (secondary N) is 1. The number of anilines is 1. The predicted molar refractivity (Wildman–Crippen MR) is 76.3 cm³/mol. The van der Waals surface area contributed by atoms with Gasteiger partial charge in [-0.3, -0.25) is 0 Å². The lowest BCUT2D eigenvalue weighted by Crippen LogP contribution is -2.30.